The number of aryl methyl sites for hydroxylation is 1. The molecule has 8 heteroatoms. The number of alkyl halides is 2. The molecule has 166 valence electrons. The topological polar surface area (TPSA) is 48.9 Å². The van der Waals surface area contributed by atoms with Crippen molar-refractivity contribution in [2.24, 2.45) is 10.9 Å². The second-order valence-corrected chi connectivity index (χ2v) is 7.28. The molecule has 0 unspecified atom stereocenters. The molecular weight excluding hydrogens is 489 g/mol. The molecular formula is C21H35F2IN4O. The molecule has 0 saturated carbocycles. The van der Waals surface area contributed by atoms with E-state index in [4.69, 9.17) is 0 Å². The Morgan fingerprint density at radius 3 is 2.59 bits per heavy atom. The molecule has 1 aromatic carbocycles. The average Bonchev–Trinajstić information content (AvgIpc) is 2.68. The summed E-state index contributed by atoms with van der Waals surface area (Å²) in [6.07, 6.45) is 3.62. The molecule has 0 atom stereocenters. The largest absolute Gasteiger partial charge is 0.434 e. The first-order valence-corrected chi connectivity index (χ1v) is 10.3. The standard InChI is InChI=1S/C21H34F2N4O.HI/c1-4-24-21(25-11-8-17-9-12-27(5-2)13-10-17)26-15-18-14-16(3)6-7-19(18)28-20(22)23;/h6-7,14,17,20H,4-5,8-13,15H2,1-3H3,(H2,24,25,26);1H. The van der Waals surface area contributed by atoms with Crippen LogP contribution in [-0.2, 0) is 6.54 Å². The van der Waals surface area contributed by atoms with Gasteiger partial charge >= 0.3 is 6.61 Å². The van der Waals surface area contributed by atoms with E-state index < -0.39 is 6.61 Å². The van der Waals surface area contributed by atoms with Gasteiger partial charge in [-0.05, 0) is 64.7 Å². The Bertz CT molecular complexity index is 623. The van der Waals surface area contributed by atoms with Gasteiger partial charge in [-0.15, -0.1) is 24.0 Å². The van der Waals surface area contributed by atoms with Gasteiger partial charge in [0.2, 0.25) is 0 Å². The quantitative estimate of drug-likeness (QED) is 0.286. The summed E-state index contributed by atoms with van der Waals surface area (Å²) in [7, 11) is 0. The third kappa shape index (κ3) is 9.46. The van der Waals surface area contributed by atoms with Crippen LogP contribution in [-0.4, -0.2) is 50.2 Å². The van der Waals surface area contributed by atoms with E-state index in [-0.39, 0.29) is 36.3 Å². The Hall–Kier alpha value is -1.16. The van der Waals surface area contributed by atoms with Crippen LogP contribution >= 0.6 is 24.0 Å². The van der Waals surface area contributed by atoms with Crippen molar-refractivity contribution in [3.05, 3.63) is 29.3 Å². The number of piperidine rings is 1. The fourth-order valence-electron chi connectivity index (χ4n) is 3.53. The Balaban J connectivity index is 0.00000420. The van der Waals surface area contributed by atoms with Crippen molar-refractivity contribution in [1.82, 2.24) is 15.5 Å². The second-order valence-electron chi connectivity index (χ2n) is 7.28. The zero-order valence-electron chi connectivity index (χ0n) is 17.7. The molecule has 0 amide bonds. The van der Waals surface area contributed by atoms with Crippen LogP contribution < -0.4 is 15.4 Å². The van der Waals surface area contributed by atoms with Gasteiger partial charge in [-0.3, -0.25) is 0 Å². The van der Waals surface area contributed by atoms with Crippen LogP contribution in [0.3, 0.4) is 0 Å². The predicted octanol–water partition coefficient (Wildman–Crippen LogP) is 4.39. The molecule has 0 spiro atoms. The molecule has 0 aliphatic carbocycles. The molecule has 0 bridgehead atoms. The number of nitrogens with one attached hydrogen (secondary N) is 2. The highest BCUT2D eigenvalue weighted by Crippen LogP contribution is 2.23. The first kappa shape index (κ1) is 25.9. The lowest BCUT2D eigenvalue weighted by Crippen LogP contribution is -2.39. The summed E-state index contributed by atoms with van der Waals surface area (Å²) in [5.41, 5.74) is 1.65. The smallest absolute Gasteiger partial charge is 0.387 e. The molecule has 0 radical (unpaired) electrons. The lowest BCUT2D eigenvalue weighted by molar-refractivity contribution is -0.0504. The van der Waals surface area contributed by atoms with Gasteiger partial charge in [0.15, 0.2) is 5.96 Å². The molecule has 1 fully saturated rings. The molecule has 1 heterocycles. The number of guanidine groups is 1. The maximum Gasteiger partial charge on any atom is 0.387 e. The van der Waals surface area contributed by atoms with Crippen molar-refractivity contribution in [3.63, 3.8) is 0 Å². The van der Waals surface area contributed by atoms with Gasteiger partial charge in [-0.25, -0.2) is 4.99 Å². The van der Waals surface area contributed by atoms with E-state index in [0.717, 1.165) is 37.5 Å². The summed E-state index contributed by atoms with van der Waals surface area (Å²) in [5, 5.41) is 6.60. The number of halogens is 3. The molecule has 2 N–H and O–H groups in total. The molecule has 2 rings (SSSR count). The normalized spacial score (nSPS) is 15.9. The zero-order valence-corrected chi connectivity index (χ0v) is 20.0. The van der Waals surface area contributed by atoms with E-state index in [0.29, 0.717) is 11.5 Å². The minimum atomic E-state index is -2.84. The first-order chi connectivity index (χ1) is 13.5. The van der Waals surface area contributed by atoms with Crippen LogP contribution in [0, 0.1) is 12.8 Å². The molecule has 0 aromatic heterocycles. The third-order valence-electron chi connectivity index (χ3n) is 5.18. The van der Waals surface area contributed by atoms with Gasteiger partial charge in [-0.1, -0.05) is 24.6 Å². The van der Waals surface area contributed by atoms with E-state index in [1.165, 1.54) is 25.9 Å². The molecule has 1 aromatic rings. The Morgan fingerprint density at radius 1 is 1.24 bits per heavy atom. The average molecular weight is 524 g/mol. The molecule has 1 aliphatic rings. The van der Waals surface area contributed by atoms with Crippen LogP contribution in [0.5, 0.6) is 5.75 Å². The second kappa shape index (κ2) is 14.0. The van der Waals surface area contributed by atoms with E-state index in [2.05, 4.69) is 32.2 Å². The molecule has 29 heavy (non-hydrogen) atoms. The Kier molecular flexibility index (Phi) is 12.4. The van der Waals surface area contributed by atoms with Crippen LogP contribution in [0.2, 0.25) is 0 Å². The third-order valence-corrected chi connectivity index (χ3v) is 5.18. The molecule has 1 aliphatic heterocycles. The van der Waals surface area contributed by atoms with Crippen molar-refractivity contribution in [2.45, 2.75) is 53.2 Å². The summed E-state index contributed by atoms with van der Waals surface area (Å²) in [4.78, 5) is 7.06. The van der Waals surface area contributed by atoms with Crippen LogP contribution in [0.1, 0.15) is 44.2 Å². The number of benzene rings is 1. The van der Waals surface area contributed by atoms with E-state index in [9.17, 15) is 8.78 Å². The highest BCUT2D eigenvalue weighted by Gasteiger charge is 2.17. The first-order valence-electron chi connectivity index (χ1n) is 10.3. The van der Waals surface area contributed by atoms with Gasteiger partial charge in [-0.2, -0.15) is 8.78 Å². The summed E-state index contributed by atoms with van der Waals surface area (Å²) >= 11 is 0. The zero-order chi connectivity index (χ0) is 20.4. The summed E-state index contributed by atoms with van der Waals surface area (Å²) < 4.78 is 29.9. The fraction of sp³-hybridized carbons (Fsp3) is 0.667. The predicted molar refractivity (Wildman–Crippen MR) is 125 cm³/mol. The summed E-state index contributed by atoms with van der Waals surface area (Å²) in [6.45, 7) is 8.72. The van der Waals surface area contributed by atoms with Crippen molar-refractivity contribution in [1.29, 1.82) is 0 Å². The van der Waals surface area contributed by atoms with Crippen molar-refractivity contribution in [2.75, 3.05) is 32.7 Å². The summed E-state index contributed by atoms with van der Waals surface area (Å²) in [6, 6.07) is 5.18. The van der Waals surface area contributed by atoms with Crippen LogP contribution in [0.25, 0.3) is 0 Å². The maximum absolute atomic E-state index is 12.6. The van der Waals surface area contributed by atoms with Gasteiger partial charge in [0.25, 0.3) is 0 Å². The monoisotopic (exact) mass is 524 g/mol. The molecule has 1 saturated heterocycles. The number of nitrogens with zero attached hydrogens (tertiary/aromatic N) is 2. The number of hydrogen-bond donors (Lipinski definition) is 2. The van der Waals surface area contributed by atoms with Gasteiger partial charge < -0.3 is 20.3 Å². The number of hydrogen-bond acceptors (Lipinski definition) is 3. The van der Waals surface area contributed by atoms with Gasteiger partial charge in [0.05, 0.1) is 6.54 Å². The highest BCUT2D eigenvalue weighted by atomic mass is 127. The Labute approximate surface area is 190 Å². The van der Waals surface area contributed by atoms with Crippen LogP contribution in [0.4, 0.5) is 8.78 Å². The number of aliphatic imine (C=N–C) groups is 1. The SMILES string of the molecule is CCNC(=NCc1cc(C)ccc1OC(F)F)NCCC1CCN(CC)CC1.I. The lowest BCUT2D eigenvalue weighted by Gasteiger charge is -2.31. The van der Waals surface area contributed by atoms with E-state index in [1.807, 2.05) is 19.9 Å². The van der Waals surface area contributed by atoms with Crippen LogP contribution in [0.15, 0.2) is 23.2 Å². The number of rotatable bonds is 9. The lowest BCUT2D eigenvalue weighted by atomic mass is 9.93. The highest BCUT2D eigenvalue weighted by molar-refractivity contribution is 14.0. The van der Waals surface area contributed by atoms with Crippen molar-refractivity contribution < 1.29 is 13.5 Å². The minimum absolute atomic E-state index is 0. The van der Waals surface area contributed by atoms with E-state index in [1.54, 1.807) is 12.1 Å². The van der Waals surface area contributed by atoms with Gasteiger partial charge in [0, 0.05) is 18.7 Å². The van der Waals surface area contributed by atoms with Gasteiger partial charge in [0.1, 0.15) is 5.75 Å². The van der Waals surface area contributed by atoms with Crippen molar-refractivity contribution >= 4 is 29.9 Å². The van der Waals surface area contributed by atoms with E-state index >= 15 is 0 Å². The minimum Gasteiger partial charge on any atom is -0.434 e. The molecule has 5 nitrogen and oxygen atoms in total. The number of likely N-dealkylation sites (tertiary alicyclic amines) is 1. The van der Waals surface area contributed by atoms with Crippen molar-refractivity contribution in [3.8, 4) is 5.75 Å². The Morgan fingerprint density at radius 2 is 1.97 bits per heavy atom. The summed E-state index contributed by atoms with van der Waals surface area (Å²) in [5.74, 6) is 1.64. The maximum atomic E-state index is 12.6. The fourth-order valence-corrected chi connectivity index (χ4v) is 3.53. The number of ether oxygens (including phenoxy) is 1.